The lowest BCUT2D eigenvalue weighted by atomic mass is 9.89. The number of hydrogen-bond acceptors (Lipinski definition) is 3. The van der Waals surface area contributed by atoms with Crippen molar-refractivity contribution in [1.82, 2.24) is 0 Å². The number of nitrogens with zero attached hydrogens (tertiary/aromatic N) is 1. The molecule has 0 aromatic heterocycles. The van der Waals surface area contributed by atoms with Crippen LogP contribution in [0.5, 0.6) is 0 Å². The molecule has 0 bridgehead atoms. The Kier molecular flexibility index (Phi) is 5.81. The maximum atomic E-state index is 12.5. The molecule has 1 aliphatic rings. The number of carbonyl (C=O) groups is 1. The summed E-state index contributed by atoms with van der Waals surface area (Å²) < 4.78 is 6.33. The summed E-state index contributed by atoms with van der Waals surface area (Å²) >= 11 is 3.52. The molecule has 4 rings (SSSR count). The fraction of sp³-hybridized carbons (Fsp3) is 0.160. The van der Waals surface area contributed by atoms with Crippen molar-refractivity contribution >= 4 is 39.4 Å². The molecule has 0 radical (unpaired) electrons. The predicted octanol–water partition coefficient (Wildman–Crippen LogP) is 6.46. The molecule has 0 fully saturated rings. The number of ether oxygens (including phenoxy) is 1. The van der Waals surface area contributed by atoms with Gasteiger partial charge in [-0.2, -0.15) is 0 Å². The van der Waals surface area contributed by atoms with Crippen molar-refractivity contribution in [2.24, 2.45) is 0 Å². The van der Waals surface area contributed by atoms with E-state index in [4.69, 9.17) is 4.74 Å². The second kappa shape index (κ2) is 8.66. The number of rotatable bonds is 5. The lowest BCUT2D eigenvalue weighted by Crippen LogP contribution is -2.32. The molecule has 3 nitrogen and oxygen atoms in total. The Morgan fingerprint density at radius 1 is 0.966 bits per heavy atom. The van der Waals surface area contributed by atoms with Crippen LogP contribution >= 0.6 is 15.9 Å². The largest absolute Gasteiger partial charge is 0.466 e. The Morgan fingerprint density at radius 3 is 2.38 bits per heavy atom. The highest BCUT2D eigenvalue weighted by atomic mass is 79.9. The molecule has 1 heterocycles. The minimum atomic E-state index is -0.191. The van der Waals surface area contributed by atoms with Crippen molar-refractivity contribution in [2.45, 2.75) is 19.4 Å². The summed E-state index contributed by atoms with van der Waals surface area (Å²) in [5, 5.41) is 0. The maximum absolute atomic E-state index is 12.5. The van der Waals surface area contributed by atoms with E-state index in [0.29, 0.717) is 6.61 Å². The van der Waals surface area contributed by atoms with Crippen LogP contribution in [0.15, 0.2) is 83.3 Å². The lowest BCUT2D eigenvalue weighted by molar-refractivity contribution is -0.143. The predicted molar refractivity (Wildman–Crippen MR) is 121 cm³/mol. The summed E-state index contributed by atoms with van der Waals surface area (Å²) in [5.41, 5.74) is 5.48. The summed E-state index contributed by atoms with van der Waals surface area (Å²) in [6, 6.07) is 26.6. The normalized spacial score (nSPS) is 15.4. The van der Waals surface area contributed by atoms with E-state index in [1.54, 1.807) is 0 Å². The molecule has 0 N–H and O–H groups in total. The van der Waals surface area contributed by atoms with Gasteiger partial charge in [-0.3, -0.25) is 4.79 Å². The summed E-state index contributed by atoms with van der Waals surface area (Å²) in [5.74, 6) is -0.191. The summed E-state index contributed by atoms with van der Waals surface area (Å²) in [4.78, 5) is 14.8. The van der Waals surface area contributed by atoms with Crippen LogP contribution in [0.4, 0.5) is 5.69 Å². The van der Waals surface area contributed by atoms with Crippen molar-refractivity contribution in [2.75, 3.05) is 11.5 Å². The zero-order valence-electron chi connectivity index (χ0n) is 16.2. The number of fused-ring (bicyclic) bond motifs is 1. The molecular formula is C25H22BrNO2. The van der Waals surface area contributed by atoms with E-state index in [2.05, 4.69) is 63.3 Å². The topological polar surface area (TPSA) is 29.5 Å². The Balaban J connectivity index is 1.89. The van der Waals surface area contributed by atoms with E-state index in [9.17, 15) is 4.79 Å². The molecule has 0 spiro atoms. The van der Waals surface area contributed by atoms with Crippen molar-refractivity contribution in [1.29, 1.82) is 0 Å². The quantitative estimate of drug-likeness (QED) is 0.420. The van der Waals surface area contributed by atoms with E-state index in [1.165, 1.54) is 0 Å². The third-order valence-electron chi connectivity index (χ3n) is 5.06. The van der Waals surface area contributed by atoms with Gasteiger partial charge in [0.25, 0.3) is 0 Å². The zero-order chi connectivity index (χ0) is 20.2. The van der Waals surface area contributed by atoms with E-state index in [1.807, 2.05) is 49.4 Å². The van der Waals surface area contributed by atoms with Crippen molar-refractivity contribution in [3.8, 4) is 0 Å². The second-order valence-corrected chi connectivity index (χ2v) is 7.81. The standard InChI is InChI=1S/C25H22BrNO2/c1-2-29-25(28)17-24-22-11-7-6-10-19(22)16-23(18-8-4-3-5-9-18)27(24)21-14-12-20(26)13-15-21/h3-16,24H,2,17H2,1H3. The highest BCUT2D eigenvalue weighted by Gasteiger charge is 2.32. The summed E-state index contributed by atoms with van der Waals surface area (Å²) in [6.45, 7) is 2.22. The average Bonchev–Trinajstić information content (AvgIpc) is 2.75. The summed E-state index contributed by atoms with van der Waals surface area (Å²) in [7, 11) is 0. The molecule has 0 aliphatic carbocycles. The molecule has 1 aliphatic heterocycles. The molecule has 1 atom stereocenters. The number of anilines is 1. The molecule has 0 amide bonds. The lowest BCUT2D eigenvalue weighted by Gasteiger charge is -2.39. The fourth-order valence-electron chi connectivity index (χ4n) is 3.80. The molecule has 3 aromatic carbocycles. The van der Waals surface area contributed by atoms with E-state index in [0.717, 1.165) is 32.5 Å². The maximum Gasteiger partial charge on any atom is 0.308 e. The van der Waals surface area contributed by atoms with Crippen LogP contribution in [0.1, 0.15) is 36.1 Å². The van der Waals surface area contributed by atoms with E-state index >= 15 is 0 Å². The van der Waals surface area contributed by atoms with Gasteiger partial charge < -0.3 is 9.64 Å². The number of esters is 1. The van der Waals surface area contributed by atoms with Gasteiger partial charge in [-0.05, 0) is 54.0 Å². The van der Waals surface area contributed by atoms with Gasteiger partial charge in [0.1, 0.15) is 0 Å². The van der Waals surface area contributed by atoms with Crippen LogP contribution in [0.2, 0.25) is 0 Å². The number of halogens is 1. The van der Waals surface area contributed by atoms with Crippen molar-refractivity contribution < 1.29 is 9.53 Å². The van der Waals surface area contributed by atoms with Gasteiger partial charge >= 0.3 is 5.97 Å². The van der Waals surface area contributed by atoms with Gasteiger partial charge in [-0.15, -0.1) is 0 Å². The zero-order valence-corrected chi connectivity index (χ0v) is 17.8. The number of hydrogen-bond donors (Lipinski definition) is 0. The second-order valence-electron chi connectivity index (χ2n) is 6.90. The first-order valence-corrected chi connectivity index (χ1v) is 10.5. The van der Waals surface area contributed by atoms with Gasteiger partial charge in [0.05, 0.1) is 19.1 Å². The Bertz CT molecular complexity index is 1030. The first-order valence-electron chi connectivity index (χ1n) is 9.74. The van der Waals surface area contributed by atoms with Gasteiger partial charge in [0.2, 0.25) is 0 Å². The Morgan fingerprint density at radius 2 is 1.66 bits per heavy atom. The highest BCUT2D eigenvalue weighted by Crippen LogP contribution is 2.43. The monoisotopic (exact) mass is 447 g/mol. The van der Waals surface area contributed by atoms with Gasteiger partial charge in [-0.25, -0.2) is 0 Å². The molecule has 1 unspecified atom stereocenters. The van der Waals surface area contributed by atoms with Gasteiger partial charge in [0, 0.05) is 15.9 Å². The van der Waals surface area contributed by atoms with Gasteiger partial charge in [-0.1, -0.05) is 70.5 Å². The van der Waals surface area contributed by atoms with Crippen molar-refractivity contribution in [3.63, 3.8) is 0 Å². The smallest absolute Gasteiger partial charge is 0.308 e. The molecule has 4 heteroatoms. The van der Waals surface area contributed by atoms with Crippen LogP contribution in [0.3, 0.4) is 0 Å². The first-order chi connectivity index (χ1) is 14.2. The molecule has 146 valence electrons. The molecule has 0 saturated carbocycles. The van der Waals surface area contributed by atoms with Gasteiger partial charge in [0.15, 0.2) is 0 Å². The van der Waals surface area contributed by atoms with Crippen LogP contribution in [-0.2, 0) is 9.53 Å². The van der Waals surface area contributed by atoms with Crippen LogP contribution < -0.4 is 4.90 Å². The highest BCUT2D eigenvalue weighted by molar-refractivity contribution is 9.10. The van der Waals surface area contributed by atoms with E-state index < -0.39 is 0 Å². The van der Waals surface area contributed by atoms with Crippen molar-refractivity contribution in [3.05, 3.63) is 100 Å². The van der Waals surface area contributed by atoms with Crippen LogP contribution in [0, 0.1) is 0 Å². The number of carbonyl (C=O) groups excluding carboxylic acids is 1. The first kappa shape index (κ1) is 19.5. The third kappa shape index (κ3) is 4.13. The number of benzene rings is 3. The minimum Gasteiger partial charge on any atom is -0.466 e. The minimum absolute atomic E-state index is 0.147. The fourth-order valence-corrected chi connectivity index (χ4v) is 4.07. The molecule has 29 heavy (non-hydrogen) atoms. The van der Waals surface area contributed by atoms with E-state index in [-0.39, 0.29) is 18.4 Å². The molecular weight excluding hydrogens is 426 g/mol. The third-order valence-corrected chi connectivity index (χ3v) is 5.59. The van der Waals surface area contributed by atoms with Crippen LogP contribution in [-0.4, -0.2) is 12.6 Å². The molecule has 0 saturated heterocycles. The Hall–Kier alpha value is -2.85. The SMILES string of the molecule is CCOC(=O)CC1c2ccccc2C=C(c2ccccc2)N1c1ccc(Br)cc1. The average molecular weight is 448 g/mol. The van der Waals surface area contributed by atoms with Crippen LogP contribution in [0.25, 0.3) is 11.8 Å². The molecule has 3 aromatic rings. The summed E-state index contributed by atoms with van der Waals surface area (Å²) in [6.07, 6.45) is 2.49. The Labute approximate surface area is 179 Å².